The summed E-state index contributed by atoms with van der Waals surface area (Å²) in [6.45, 7) is 0. The minimum atomic E-state index is -4.47. The molecule has 0 spiro atoms. The van der Waals surface area contributed by atoms with Gasteiger partial charge in [0.2, 0.25) is 0 Å². The van der Waals surface area contributed by atoms with Crippen molar-refractivity contribution in [2.75, 3.05) is 7.11 Å². The van der Waals surface area contributed by atoms with E-state index >= 15 is 0 Å². The van der Waals surface area contributed by atoms with Crippen LogP contribution in [0.3, 0.4) is 0 Å². The zero-order valence-corrected chi connectivity index (χ0v) is 9.75. The monoisotopic (exact) mass is 267 g/mol. The smallest absolute Gasteiger partial charge is 0.432 e. The number of nitrogens with one attached hydrogen (secondary N) is 1. The maximum atomic E-state index is 12.4. The number of methoxy groups -OCH3 is 1. The number of hydrogen-bond acceptors (Lipinski definition) is 3. The maximum Gasteiger partial charge on any atom is 0.432 e. The molecule has 0 aliphatic rings. The van der Waals surface area contributed by atoms with Crippen LogP contribution in [0.5, 0.6) is 5.75 Å². The predicted octanol–water partition coefficient (Wildman–Crippen LogP) is 2.98. The molecule has 0 unspecified atom stereocenters. The van der Waals surface area contributed by atoms with Crippen molar-refractivity contribution in [3.8, 4) is 23.2 Å². The minimum Gasteiger partial charge on any atom is -0.495 e. The predicted molar refractivity (Wildman–Crippen MR) is 60.3 cm³/mol. The number of H-pyrrole nitrogens is 1. The van der Waals surface area contributed by atoms with Gasteiger partial charge in [0.15, 0.2) is 0 Å². The van der Waals surface area contributed by atoms with Crippen molar-refractivity contribution in [2.24, 2.45) is 0 Å². The first-order valence-electron chi connectivity index (χ1n) is 5.16. The van der Waals surface area contributed by atoms with Gasteiger partial charge in [0, 0.05) is 5.56 Å². The van der Waals surface area contributed by atoms with Crippen molar-refractivity contribution in [1.29, 1.82) is 5.26 Å². The summed E-state index contributed by atoms with van der Waals surface area (Å²) in [5.74, 6) is 0.347. The lowest BCUT2D eigenvalue weighted by Crippen LogP contribution is -2.04. The summed E-state index contributed by atoms with van der Waals surface area (Å²) in [5.41, 5.74) is -0.217. The lowest BCUT2D eigenvalue weighted by atomic mass is 10.1. The lowest BCUT2D eigenvalue weighted by molar-refractivity contribution is -0.140. The van der Waals surface area contributed by atoms with E-state index in [4.69, 9.17) is 10.00 Å². The van der Waals surface area contributed by atoms with E-state index in [1.54, 1.807) is 0 Å². The molecule has 0 amide bonds. The normalized spacial score (nSPS) is 11.1. The SMILES string of the molecule is COc1cc(-c2ncc(C(F)(F)F)[nH]2)ccc1C#N. The molecule has 0 bridgehead atoms. The molecular formula is C12H8F3N3O. The Morgan fingerprint density at radius 2 is 2.11 bits per heavy atom. The number of halogens is 3. The highest BCUT2D eigenvalue weighted by atomic mass is 19.4. The molecule has 2 aromatic rings. The highest BCUT2D eigenvalue weighted by molar-refractivity contribution is 5.61. The van der Waals surface area contributed by atoms with Crippen LogP contribution in [-0.2, 0) is 6.18 Å². The highest BCUT2D eigenvalue weighted by Gasteiger charge is 2.33. The third kappa shape index (κ3) is 2.52. The lowest BCUT2D eigenvalue weighted by Gasteiger charge is -2.05. The van der Waals surface area contributed by atoms with Crippen molar-refractivity contribution >= 4 is 0 Å². The molecule has 0 saturated carbocycles. The third-order valence-electron chi connectivity index (χ3n) is 2.48. The van der Waals surface area contributed by atoms with Gasteiger partial charge in [0.05, 0.1) is 18.9 Å². The molecule has 1 aromatic carbocycles. The summed E-state index contributed by atoms with van der Waals surface area (Å²) < 4.78 is 42.3. The topological polar surface area (TPSA) is 61.7 Å². The van der Waals surface area contributed by atoms with E-state index in [0.717, 1.165) is 6.20 Å². The van der Waals surface area contributed by atoms with Crippen molar-refractivity contribution in [3.63, 3.8) is 0 Å². The molecule has 0 aliphatic heterocycles. The molecule has 0 atom stereocenters. The number of imidazole rings is 1. The summed E-state index contributed by atoms with van der Waals surface area (Å²) in [6.07, 6.45) is -3.75. The molecule has 0 radical (unpaired) electrons. The Balaban J connectivity index is 2.43. The van der Waals surface area contributed by atoms with Crippen LogP contribution in [-0.4, -0.2) is 17.1 Å². The summed E-state index contributed by atoms with van der Waals surface area (Å²) in [7, 11) is 1.38. The molecule has 0 fully saturated rings. The van der Waals surface area contributed by atoms with Crippen LogP contribution >= 0.6 is 0 Å². The van der Waals surface area contributed by atoms with E-state index in [1.807, 2.05) is 6.07 Å². The quantitative estimate of drug-likeness (QED) is 0.909. The third-order valence-corrected chi connectivity index (χ3v) is 2.48. The zero-order valence-electron chi connectivity index (χ0n) is 9.75. The number of nitrogens with zero attached hydrogens (tertiary/aromatic N) is 2. The average Bonchev–Trinajstić information content (AvgIpc) is 2.87. The molecule has 2 rings (SSSR count). The van der Waals surface area contributed by atoms with Gasteiger partial charge in [-0.05, 0) is 18.2 Å². The van der Waals surface area contributed by atoms with Crippen molar-refractivity contribution in [1.82, 2.24) is 9.97 Å². The molecule has 98 valence electrons. The maximum absolute atomic E-state index is 12.4. The number of benzene rings is 1. The Labute approximate surface area is 106 Å². The van der Waals surface area contributed by atoms with Gasteiger partial charge in [-0.2, -0.15) is 18.4 Å². The standard InChI is InChI=1S/C12H8F3N3O/c1-19-9-4-7(2-3-8(9)5-16)11-17-6-10(18-11)12(13,14)15/h2-4,6H,1H3,(H,17,18). The number of alkyl halides is 3. The van der Waals surface area contributed by atoms with Crippen LogP contribution in [0.2, 0.25) is 0 Å². The van der Waals surface area contributed by atoms with Gasteiger partial charge in [-0.1, -0.05) is 0 Å². The van der Waals surface area contributed by atoms with Crippen LogP contribution in [0, 0.1) is 11.3 Å². The van der Waals surface area contributed by atoms with Crippen LogP contribution in [0.25, 0.3) is 11.4 Å². The molecule has 7 heteroatoms. The number of rotatable bonds is 2. The Morgan fingerprint density at radius 1 is 1.37 bits per heavy atom. The fraction of sp³-hybridized carbons (Fsp3) is 0.167. The van der Waals surface area contributed by atoms with Crippen molar-refractivity contribution < 1.29 is 17.9 Å². The van der Waals surface area contributed by atoms with Crippen molar-refractivity contribution in [2.45, 2.75) is 6.18 Å². The van der Waals surface area contributed by atoms with Gasteiger partial charge in [-0.25, -0.2) is 4.98 Å². The van der Waals surface area contributed by atoms with E-state index < -0.39 is 11.9 Å². The van der Waals surface area contributed by atoms with Gasteiger partial charge in [0.1, 0.15) is 23.3 Å². The van der Waals surface area contributed by atoms with Gasteiger partial charge >= 0.3 is 6.18 Å². The molecule has 1 heterocycles. The first-order valence-corrected chi connectivity index (χ1v) is 5.16. The molecule has 4 nitrogen and oxygen atoms in total. The highest BCUT2D eigenvalue weighted by Crippen LogP contribution is 2.30. The average molecular weight is 267 g/mol. The first-order chi connectivity index (χ1) is 8.95. The van der Waals surface area contributed by atoms with E-state index in [2.05, 4.69) is 9.97 Å². The van der Waals surface area contributed by atoms with Gasteiger partial charge in [-0.15, -0.1) is 0 Å². The Hall–Kier alpha value is -2.49. The van der Waals surface area contributed by atoms with Crippen LogP contribution < -0.4 is 4.74 Å². The van der Waals surface area contributed by atoms with Crippen LogP contribution in [0.15, 0.2) is 24.4 Å². The fourth-order valence-corrected chi connectivity index (χ4v) is 1.54. The summed E-state index contributed by atoms with van der Waals surface area (Å²) >= 11 is 0. The Morgan fingerprint density at radius 3 is 2.63 bits per heavy atom. The molecule has 0 saturated heterocycles. The second-order valence-corrected chi connectivity index (χ2v) is 3.67. The molecule has 1 N–H and O–H groups in total. The largest absolute Gasteiger partial charge is 0.495 e. The van der Waals surface area contributed by atoms with E-state index in [1.165, 1.54) is 25.3 Å². The number of ether oxygens (including phenoxy) is 1. The number of aromatic nitrogens is 2. The van der Waals surface area contributed by atoms with Gasteiger partial charge < -0.3 is 9.72 Å². The molecule has 1 aromatic heterocycles. The van der Waals surface area contributed by atoms with Crippen molar-refractivity contribution in [3.05, 3.63) is 35.7 Å². The molecular weight excluding hydrogens is 259 g/mol. The minimum absolute atomic E-state index is 0.0649. The summed E-state index contributed by atoms with van der Waals surface area (Å²) in [5, 5.41) is 8.82. The van der Waals surface area contributed by atoms with Gasteiger partial charge in [0.25, 0.3) is 0 Å². The second-order valence-electron chi connectivity index (χ2n) is 3.67. The Bertz CT molecular complexity index is 640. The van der Waals surface area contributed by atoms with Gasteiger partial charge in [-0.3, -0.25) is 0 Å². The second kappa shape index (κ2) is 4.65. The van der Waals surface area contributed by atoms with E-state index in [-0.39, 0.29) is 11.6 Å². The number of aromatic amines is 1. The number of nitriles is 1. The zero-order chi connectivity index (χ0) is 14.0. The Kier molecular flexibility index (Phi) is 3.17. The number of hydrogen-bond donors (Lipinski definition) is 1. The van der Waals surface area contributed by atoms with Crippen LogP contribution in [0.1, 0.15) is 11.3 Å². The first kappa shape index (κ1) is 13.0. The van der Waals surface area contributed by atoms with E-state index in [9.17, 15) is 13.2 Å². The molecule has 0 aliphatic carbocycles. The van der Waals surface area contributed by atoms with Crippen LogP contribution in [0.4, 0.5) is 13.2 Å². The molecule has 19 heavy (non-hydrogen) atoms. The van der Waals surface area contributed by atoms with E-state index in [0.29, 0.717) is 11.1 Å². The fourth-order valence-electron chi connectivity index (χ4n) is 1.54. The summed E-state index contributed by atoms with van der Waals surface area (Å²) in [6, 6.07) is 6.34. The summed E-state index contributed by atoms with van der Waals surface area (Å²) in [4.78, 5) is 5.85.